The van der Waals surface area contributed by atoms with E-state index in [2.05, 4.69) is 20.6 Å². The molecule has 0 amide bonds. The number of aromatic nitrogens is 4. The number of H-pyrrole nitrogens is 1. The number of rotatable bonds is 6. The van der Waals surface area contributed by atoms with Crippen LogP contribution in [0, 0.1) is 0 Å². The maximum Gasteiger partial charge on any atom is 0.238 e. The molecule has 0 saturated carbocycles. The molecule has 0 aliphatic carbocycles. The topological polar surface area (TPSA) is 115 Å². The molecular formula is C21H17Cl2N5O2S. The lowest BCUT2D eigenvalue weighted by Crippen LogP contribution is -2.13. The van der Waals surface area contributed by atoms with Crippen LogP contribution in [0.5, 0.6) is 0 Å². The fourth-order valence-corrected chi connectivity index (χ4v) is 4.32. The molecule has 4 aromatic rings. The Morgan fingerprint density at radius 3 is 2.19 bits per heavy atom. The summed E-state index contributed by atoms with van der Waals surface area (Å²) in [5.74, 6) is 0.489. The van der Waals surface area contributed by atoms with Crippen LogP contribution in [0.25, 0.3) is 11.4 Å². The van der Waals surface area contributed by atoms with Crippen LogP contribution in [0.2, 0.25) is 10.0 Å². The fraction of sp³-hybridized carbons (Fsp3) is 0.0952. The maximum absolute atomic E-state index is 12.1. The zero-order valence-corrected chi connectivity index (χ0v) is 18.4. The van der Waals surface area contributed by atoms with Gasteiger partial charge in [0.15, 0.2) is 0 Å². The minimum Gasteiger partial charge on any atom is -0.225 e. The average Bonchev–Trinajstić information content (AvgIpc) is 3.27. The van der Waals surface area contributed by atoms with E-state index in [1.165, 1.54) is 12.1 Å². The third kappa shape index (κ3) is 4.94. The first-order valence-corrected chi connectivity index (χ1v) is 11.5. The smallest absolute Gasteiger partial charge is 0.225 e. The summed E-state index contributed by atoms with van der Waals surface area (Å²) >= 11 is 13.0. The van der Waals surface area contributed by atoms with Crippen LogP contribution in [0.15, 0.2) is 65.6 Å². The standard InChI is InChI=1S/C21H17Cl2N5O2S/c22-19-4-2-1-3-15(19)10-17-12-18(31(24,29)30)11-16(20(17)23)9-13-5-7-14(8-6-13)21-25-27-28-26-21/h1-8,11-12H,9-10H2,(H2,24,29,30)(H,25,26,27,28). The summed E-state index contributed by atoms with van der Waals surface area (Å²) in [5.41, 5.74) is 3.88. The van der Waals surface area contributed by atoms with Gasteiger partial charge in [-0.05, 0) is 52.1 Å². The normalized spacial score (nSPS) is 11.6. The summed E-state index contributed by atoms with van der Waals surface area (Å²) in [7, 11) is -3.91. The lowest BCUT2D eigenvalue weighted by Gasteiger charge is -2.14. The highest BCUT2D eigenvalue weighted by Crippen LogP contribution is 2.31. The molecule has 0 aliphatic rings. The van der Waals surface area contributed by atoms with Crippen molar-refractivity contribution in [2.75, 3.05) is 0 Å². The number of tetrazole rings is 1. The fourth-order valence-electron chi connectivity index (χ4n) is 3.26. The Balaban J connectivity index is 1.70. The maximum atomic E-state index is 12.1. The summed E-state index contributed by atoms with van der Waals surface area (Å²) in [5, 5.41) is 20.3. The molecule has 4 rings (SSSR count). The van der Waals surface area contributed by atoms with Gasteiger partial charge < -0.3 is 0 Å². The Morgan fingerprint density at radius 2 is 1.58 bits per heavy atom. The number of aromatic amines is 1. The molecule has 158 valence electrons. The predicted molar refractivity (Wildman–Crippen MR) is 120 cm³/mol. The lowest BCUT2D eigenvalue weighted by atomic mass is 9.98. The van der Waals surface area contributed by atoms with Crippen LogP contribution in [-0.4, -0.2) is 29.0 Å². The number of benzene rings is 3. The van der Waals surface area contributed by atoms with Gasteiger partial charge in [-0.15, -0.1) is 10.2 Å². The quantitative estimate of drug-likeness (QED) is 0.438. The van der Waals surface area contributed by atoms with Crippen molar-refractivity contribution in [2.24, 2.45) is 5.14 Å². The van der Waals surface area contributed by atoms with E-state index in [4.69, 9.17) is 28.3 Å². The van der Waals surface area contributed by atoms with E-state index in [0.717, 1.165) is 16.7 Å². The summed E-state index contributed by atoms with van der Waals surface area (Å²) in [4.78, 5) is 0.0115. The number of halogens is 2. The van der Waals surface area contributed by atoms with Gasteiger partial charge in [-0.1, -0.05) is 65.7 Å². The van der Waals surface area contributed by atoms with Gasteiger partial charge in [0.2, 0.25) is 15.8 Å². The number of hydrogen-bond donors (Lipinski definition) is 2. The molecule has 0 aliphatic heterocycles. The molecule has 0 spiro atoms. The Labute approximate surface area is 189 Å². The van der Waals surface area contributed by atoms with Crippen LogP contribution in [0.1, 0.15) is 22.3 Å². The Bertz CT molecular complexity index is 1320. The van der Waals surface area contributed by atoms with Gasteiger partial charge in [0.05, 0.1) is 4.90 Å². The van der Waals surface area contributed by atoms with Crippen molar-refractivity contribution >= 4 is 33.2 Å². The van der Waals surface area contributed by atoms with E-state index < -0.39 is 10.0 Å². The molecule has 1 aromatic heterocycles. The second-order valence-electron chi connectivity index (χ2n) is 6.98. The Hall–Kier alpha value is -2.78. The van der Waals surface area contributed by atoms with Crippen molar-refractivity contribution < 1.29 is 8.42 Å². The Kier molecular flexibility index (Phi) is 6.06. The summed E-state index contributed by atoms with van der Waals surface area (Å²) < 4.78 is 24.2. The number of nitrogens with zero attached hydrogens (tertiary/aromatic N) is 3. The Morgan fingerprint density at radius 1 is 0.903 bits per heavy atom. The summed E-state index contributed by atoms with van der Waals surface area (Å²) in [6.07, 6.45) is 0.801. The number of primary sulfonamides is 1. The van der Waals surface area contributed by atoms with Gasteiger partial charge in [0.1, 0.15) is 0 Å². The first-order chi connectivity index (χ1) is 14.8. The van der Waals surface area contributed by atoms with Gasteiger partial charge in [-0.2, -0.15) is 5.21 Å². The number of nitrogens with two attached hydrogens (primary N) is 1. The van der Waals surface area contributed by atoms with Gasteiger partial charge >= 0.3 is 0 Å². The largest absolute Gasteiger partial charge is 0.238 e. The van der Waals surface area contributed by atoms with Gasteiger partial charge in [0.25, 0.3) is 0 Å². The van der Waals surface area contributed by atoms with Gasteiger partial charge in [-0.3, -0.25) is 0 Å². The van der Waals surface area contributed by atoms with Crippen molar-refractivity contribution in [2.45, 2.75) is 17.7 Å². The highest BCUT2D eigenvalue weighted by molar-refractivity contribution is 7.89. The second-order valence-corrected chi connectivity index (χ2v) is 9.32. The van der Waals surface area contributed by atoms with Crippen LogP contribution < -0.4 is 5.14 Å². The highest BCUT2D eigenvalue weighted by Gasteiger charge is 2.17. The van der Waals surface area contributed by atoms with Gasteiger partial charge in [-0.25, -0.2) is 13.6 Å². The van der Waals surface area contributed by atoms with E-state index in [1.807, 2.05) is 42.5 Å². The monoisotopic (exact) mass is 473 g/mol. The summed E-state index contributed by atoms with van der Waals surface area (Å²) in [6, 6.07) is 17.9. The molecule has 0 atom stereocenters. The van der Waals surface area contributed by atoms with E-state index in [-0.39, 0.29) is 4.90 Å². The van der Waals surface area contributed by atoms with Crippen molar-refractivity contribution in [3.8, 4) is 11.4 Å². The molecule has 0 saturated heterocycles. The first kappa shape index (κ1) is 21.5. The SMILES string of the molecule is NS(=O)(=O)c1cc(Cc2ccc(-c3nn[nH]n3)cc2)c(Cl)c(Cc2ccccc2Cl)c1. The molecule has 10 heteroatoms. The van der Waals surface area contributed by atoms with Crippen LogP contribution in [0.4, 0.5) is 0 Å². The van der Waals surface area contributed by atoms with Crippen LogP contribution in [-0.2, 0) is 22.9 Å². The van der Waals surface area contributed by atoms with E-state index >= 15 is 0 Å². The third-order valence-electron chi connectivity index (χ3n) is 4.82. The van der Waals surface area contributed by atoms with Crippen molar-refractivity contribution in [1.29, 1.82) is 0 Å². The summed E-state index contributed by atoms with van der Waals surface area (Å²) in [6.45, 7) is 0. The van der Waals surface area contributed by atoms with E-state index in [1.54, 1.807) is 6.07 Å². The third-order valence-corrected chi connectivity index (χ3v) is 6.56. The molecule has 0 unspecified atom stereocenters. The van der Waals surface area contributed by atoms with E-state index in [0.29, 0.717) is 39.8 Å². The van der Waals surface area contributed by atoms with E-state index in [9.17, 15) is 8.42 Å². The van der Waals surface area contributed by atoms with Crippen molar-refractivity contribution in [3.63, 3.8) is 0 Å². The molecule has 3 aromatic carbocycles. The molecule has 1 heterocycles. The second kappa shape index (κ2) is 8.76. The molecule has 0 bridgehead atoms. The zero-order valence-electron chi connectivity index (χ0n) is 16.1. The minimum absolute atomic E-state index is 0.0115. The molecule has 31 heavy (non-hydrogen) atoms. The number of nitrogens with one attached hydrogen (secondary N) is 1. The first-order valence-electron chi connectivity index (χ1n) is 9.21. The number of hydrogen-bond acceptors (Lipinski definition) is 5. The van der Waals surface area contributed by atoms with Gasteiger partial charge in [0, 0.05) is 22.0 Å². The molecule has 0 radical (unpaired) electrons. The van der Waals surface area contributed by atoms with Crippen LogP contribution in [0.3, 0.4) is 0 Å². The van der Waals surface area contributed by atoms with Crippen molar-refractivity contribution in [3.05, 3.63) is 93.0 Å². The predicted octanol–water partition coefficient (Wildman–Crippen LogP) is 4.00. The lowest BCUT2D eigenvalue weighted by molar-refractivity contribution is 0.597. The number of sulfonamides is 1. The zero-order chi connectivity index (χ0) is 22.0. The molecule has 3 N–H and O–H groups in total. The highest BCUT2D eigenvalue weighted by atomic mass is 35.5. The van der Waals surface area contributed by atoms with Crippen LogP contribution >= 0.6 is 23.2 Å². The van der Waals surface area contributed by atoms with Crippen molar-refractivity contribution in [1.82, 2.24) is 20.6 Å². The molecular weight excluding hydrogens is 457 g/mol. The minimum atomic E-state index is -3.91. The average molecular weight is 474 g/mol. The molecule has 0 fully saturated rings. The molecule has 7 nitrogen and oxygen atoms in total.